The number of imidazole rings is 1. The van der Waals surface area contributed by atoms with Crippen LogP contribution >= 0.6 is 0 Å². The second-order valence-electron chi connectivity index (χ2n) is 8.25. The molecular formula is C25H26N6O2. The summed E-state index contributed by atoms with van der Waals surface area (Å²) in [7, 11) is 1.64. The second kappa shape index (κ2) is 8.90. The number of aromatic nitrogens is 4. The molecule has 0 unspecified atom stereocenters. The number of nitrogens with one attached hydrogen (secondary N) is 2. The van der Waals surface area contributed by atoms with E-state index in [1.807, 2.05) is 49.4 Å². The summed E-state index contributed by atoms with van der Waals surface area (Å²) in [5.41, 5.74) is 3.62. The van der Waals surface area contributed by atoms with E-state index >= 15 is 0 Å². The van der Waals surface area contributed by atoms with Gasteiger partial charge in [-0.05, 0) is 56.5 Å². The summed E-state index contributed by atoms with van der Waals surface area (Å²) in [6.07, 6.45) is 3.42. The first-order chi connectivity index (χ1) is 16.1. The molecular weight excluding hydrogens is 416 g/mol. The van der Waals surface area contributed by atoms with Crippen LogP contribution in [0.1, 0.15) is 41.0 Å². The summed E-state index contributed by atoms with van der Waals surface area (Å²) in [5, 5.41) is 3.26. The zero-order chi connectivity index (χ0) is 22.8. The Kier molecular flexibility index (Phi) is 5.64. The lowest BCUT2D eigenvalue weighted by Crippen LogP contribution is -2.30. The number of nitrogens with zero attached hydrogens (tertiary/aromatic N) is 4. The molecule has 0 atom stereocenters. The molecule has 8 heteroatoms. The molecule has 0 spiro atoms. The highest BCUT2D eigenvalue weighted by Crippen LogP contribution is 2.28. The van der Waals surface area contributed by atoms with Crippen LogP contribution in [0.2, 0.25) is 0 Å². The molecule has 0 aliphatic carbocycles. The van der Waals surface area contributed by atoms with E-state index in [0.717, 1.165) is 48.7 Å². The minimum absolute atomic E-state index is 0.161. The zero-order valence-electron chi connectivity index (χ0n) is 18.8. The summed E-state index contributed by atoms with van der Waals surface area (Å²) in [5.74, 6) is 2.09. The van der Waals surface area contributed by atoms with Crippen molar-refractivity contribution < 1.29 is 9.53 Å². The third-order valence-corrected chi connectivity index (χ3v) is 5.83. The zero-order valence-corrected chi connectivity index (χ0v) is 18.8. The molecule has 2 aromatic heterocycles. The molecule has 2 N–H and O–H groups in total. The van der Waals surface area contributed by atoms with Crippen LogP contribution in [-0.2, 0) is 0 Å². The third kappa shape index (κ3) is 4.37. The van der Waals surface area contributed by atoms with Gasteiger partial charge < -0.3 is 19.9 Å². The largest absolute Gasteiger partial charge is 0.497 e. The number of aromatic amines is 1. The molecule has 1 saturated heterocycles. The Hall–Kier alpha value is -3.94. The van der Waals surface area contributed by atoms with Crippen LogP contribution in [0.25, 0.3) is 11.2 Å². The number of carbonyl (C=O) groups excluding carboxylic acids is 1. The fraction of sp³-hybridized carbons (Fsp3) is 0.280. The molecule has 5 rings (SSSR count). The first kappa shape index (κ1) is 20.9. The third-order valence-electron chi connectivity index (χ3n) is 5.83. The highest BCUT2D eigenvalue weighted by Gasteiger charge is 2.22. The fourth-order valence-electron chi connectivity index (χ4n) is 4.11. The number of hydrogen-bond donors (Lipinski definition) is 2. The van der Waals surface area contributed by atoms with Gasteiger partial charge in [-0.15, -0.1) is 0 Å². The molecule has 0 amide bonds. The topological polar surface area (TPSA) is 96.0 Å². The monoisotopic (exact) mass is 442 g/mol. The lowest BCUT2D eigenvalue weighted by molar-refractivity contribution is 0.103. The molecule has 33 heavy (non-hydrogen) atoms. The average Bonchev–Trinajstić information content (AvgIpc) is 3.28. The number of ketones is 1. The number of piperidine rings is 1. The molecule has 3 heterocycles. The molecule has 0 radical (unpaired) electrons. The Morgan fingerprint density at radius 2 is 1.82 bits per heavy atom. The van der Waals surface area contributed by atoms with Gasteiger partial charge in [0.15, 0.2) is 17.3 Å². The standard InChI is InChI=1S/C25H26N6O2/c1-16-7-6-8-17(15-16)21(32)23-27-20-22(28-23)29-25(26-18-9-11-19(33-2)12-10-18)30-24(20)31-13-4-3-5-14-31/h6-12,15H,3-5,13-14H2,1-2H3,(H2,26,27,28,29,30). The van der Waals surface area contributed by atoms with Gasteiger partial charge in [0, 0.05) is 24.3 Å². The van der Waals surface area contributed by atoms with Crippen molar-refractivity contribution in [2.75, 3.05) is 30.4 Å². The molecule has 0 bridgehead atoms. The molecule has 1 aliphatic rings. The van der Waals surface area contributed by atoms with Crippen LogP contribution in [-0.4, -0.2) is 45.9 Å². The number of carbonyl (C=O) groups is 1. The van der Waals surface area contributed by atoms with Crippen molar-refractivity contribution in [3.8, 4) is 5.75 Å². The first-order valence-corrected chi connectivity index (χ1v) is 11.2. The smallest absolute Gasteiger partial charge is 0.231 e. The van der Waals surface area contributed by atoms with E-state index in [0.29, 0.717) is 22.7 Å². The van der Waals surface area contributed by atoms with Crippen LogP contribution in [0.5, 0.6) is 5.75 Å². The average molecular weight is 443 g/mol. The van der Waals surface area contributed by atoms with Gasteiger partial charge in [-0.2, -0.15) is 9.97 Å². The number of anilines is 3. The van der Waals surface area contributed by atoms with Gasteiger partial charge in [-0.25, -0.2) is 4.98 Å². The van der Waals surface area contributed by atoms with Gasteiger partial charge in [-0.3, -0.25) is 4.79 Å². The minimum Gasteiger partial charge on any atom is -0.497 e. The highest BCUT2D eigenvalue weighted by molar-refractivity contribution is 6.08. The van der Waals surface area contributed by atoms with Crippen molar-refractivity contribution in [1.82, 2.24) is 19.9 Å². The number of ether oxygens (including phenoxy) is 1. The second-order valence-corrected chi connectivity index (χ2v) is 8.25. The maximum atomic E-state index is 13.1. The van der Waals surface area contributed by atoms with E-state index in [1.54, 1.807) is 13.2 Å². The Balaban J connectivity index is 1.55. The number of hydrogen-bond acceptors (Lipinski definition) is 7. The Labute approximate surface area is 192 Å². The number of rotatable bonds is 6. The molecule has 2 aromatic carbocycles. The fourth-order valence-corrected chi connectivity index (χ4v) is 4.11. The van der Waals surface area contributed by atoms with Crippen molar-refractivity contribution in [2.24, 2.45) is 0 Å². The van der Waals surface area contributed by atoms with Crippen LogP contribution in [0.4, 0.5) is 17.5 Å². The normalized spacial score (nSPS) is 13.8. The number of aryl methyl sites for hydroxylation is 1. The van der Waals surface area contributed by atoms with Crippen LogP contribution < -0.4 is 15.0 Å². The van der Waals surface area contributed by atoms with Gasteiger partial charge in [0.05, 0.1) is 7.11 Å². The van der Waals surface area contributed by atoms with Gasteiger partial charge >= 0.3 is 0 Å². The van der Waals surface area contributed by atoms with Crippen molar-refractivity contribution in [3.63, 3.8) is 0 Å². The van der Waals surface area contributed by atoms with Gasteiger partial charge in [0.25, 0.3) is 0 Å². The predicted molar refractivity (Wildman–Crippen MR) is 129 cm³/mol. The molecule has 8 nitrogen and oxygen atoms in total. The summed E-state index contributed by atoms with van der Waals surface area (Å²) >= 11 is 0. The maximum absolute atomic E-state index is 13.1. The number of fused-ring (bicyclic) bond motifs is 1. The van der Waals surface area contributed by atoms with E-state index in [-0.39, 0.29) is 11.6 Å². The molecule has 0 saturated carbocycles. The van der Waals surface area contributed by atoms with Gasteiger partial charge in [0.2, 0.25) is 11.7 Å². The Morgan fingerprint density at radius 3 is 2.55 bits per heavy atom. The van der Waals surface area contributed by atoms with Crippen LogP contribution in [0, 0.1) is 6.92 Å². The molecule has 1 fully saturated rings. The summed E-state index contributed by atoms with van der Waals surface area (Å²) in [6, 6.07) is 15.1. The summed E-state index contributed by atoms with van der Waals surface area (Å²) in [4.78, 5) is 32.5. The predicted octanol–water partition coefficient (Wildman–Crippen LogP) is 4.63. The van der Waals surface area contributed by atoms with E-state index in [1.165, 1.54) is 6.42 Å². The van der Waals surface area contributed by atoms with E-state index in [4.69, 9.17) is 9.72 Å². The lowest BCUT2D eigenvalue weighted by atomic mass is 10.1. The van der Waals surface area contributed by atoms with Crippen molar-refractivity contribution >= 4 is 34.4 Å². The van der Waals surface area contributed by atoms with Crippen LogP contribution in [0.3, 0.4) is 0 Å². The Morgan fingerprint density at radius 1 is 1.03 bits per heavy atom. The lowest BCUT2D eigenvalue weighted by Gasteiger charge is -2.28. The molecule has 1 aliphatic heterocycles. The van der Waals surface area contributed by atoms with Crippen molar-refractivity contribution in [1.29, 1.82) is 0 Å². The number of benzene rings is 2. The first-order valence-electron chi connectivity index (χ1n) is 11.2. The van der Waals surface area contributed by atoms with Crippen molar-refractivity contribution in [3.05, 3.63) is 65.5 Å². The van der Waals surface area contributed by atoms with Gasteiger partial charge in [-0.1, -0.05) is 23.8 Å². The Bertz CT molecular complexity index is 1290. The molecule has 168 valence electrons. The summed E-state index contributed by atoms with van der Waals surface area (Å²) < 4.78 is 5.23. The van der Waals surface area contributed by atoms with E-state index in [9.17, 15) is 4.79 Å². The minimum atomic E-state index is -0.161. The van der Waals surface area contributed by atoms with E-state index in [2.05, 4.69) is 25.2 Å². The van der Waals surface area contributed by atoms with E-state index < -0.39 is 0 Å². The maximum Gasteiger partial charge on any atom is 0.231 e. The van der Waals surface area contributed by atoms with Crippen molar-refractivity contribution in [2.45, 2.75) is 26.2 Å². The summed E-state index contributed by atoms with van der Waals surface area (Å²) in [6.45, 7) is 3.79. The molecule has 4 aromatic rings. The van der Waals surface area contributed by atoms with Gasteiger partial charge in [0.1, 0.15) is 11.3 Å². The number of H-pyrrole nitrogens is 1. The SMILES string of the molecule is COc1ccc(Nc2nc(N3CCCCC3)c3[nH]c(C(=O)c4cccc(C)c4)nc3n2)cc1. The quantitative estimate of drug-likeness (QED) is 0.420. The number of methoxy groups -OCH3 is 1. The van der Waals surface area contributed by atoms with Crippen LogP contribution in [0.15, 0.2) is 48.5 Å². The highest BCUT2D eigenvalue weighted by atomic mass is 16.5.